The number of hydrogen-bond donors (Lipinski definition) is 14. The Morgan fingerprint density at radius 2 is 0.706 bits per heavy atom. The van der Waals surface area contributed by atoms with Gasteiger partial charge < -0.3 is 106 Å². The molecule has 3 saturated carbocycles. The summed E-state index contributed by atoms with van der Waals surface area (Å²) in [6, 6.07) is 0. The lowest BCUT2D eigenvalue weighted by molar-refractivity contribution is -0.144. The predicted molar refractivity (Wildman–Crippen MR) is 312 cm³/mol. The van der Waals surface area contributed by atoms with Crippen molar-refractivity contribution in [2.75, 3.05) is 119 Å². The van der Waals surface area contributed by atoms with Crippen molar-refractivity contribution in [2.24, 2.45) is 41.4 Å². The topological polar surface area (TPSA) is 392 Å². The molecule has 3 aliphatic rings. The maximum atomic E-state index is 13.7. The maximum Gasteiger partial charge on any atom is 0.222 e. The van der Waals surface area contributed by atoms with Crippen LogP contribution >= 0.6 is 0 Å². The Kier molecular flexibility index (Phi) is 40.5. The van der Waals surface area contributed by atoms with Crippen LogP contribution in [-0.2, 0) is 57.1 Å². The number of ether oxygens (including phenoxy) is 7. The summed E-state index contributed by atoms with van der Waals surface area (Å²) in [4.78, 5) is 64.9. The summed E-state index contributed by atoms with van der Waals surface area (Å²) in [7, 11) is 1.57. The van der Waals surface area contributed by atoms with Gasteiger partial charge in [-0.05, 0) is 57.3 Å². The molecule has 0 spiro atoms. The fourth-order valence-corrected chi connectivity index (χ4v) is 10.3. The molecule has 26 nitrogen and oxygen atoms in total. The van der Waals surface area contributed by atoms with Crippen molar-refractivity contribution in [2.45, 2.75) is 185 Å². The number of aliphatic hydroxyl groups is 9. The van der Waals surface area contributed by atoms with Crippen molar-refractivity contribution in [1.29, 1.82) is 0 Å². The molecule has 0 aromatic heterocycles. The van der Waals surface area contributed by atoms with Crippen molar-refractivity contribution in [1.82, 2.24) is 26.6 Å². The summed E-state index contributed by atoms with van der Waals surface area (Å²) in [5.41, 5.74) is -1.41. The fraction of sp³-hybridized carbons (Fsp3) is 0.915. The van der Waals surface area contributed by atoms with Gasteiger partial charge in [-0.3, -0.25) is 24.0 Å². The number of carbonyl (C=O) groups excluding carboxylic acids is 5. The standard InChI is InChI=1S/C55H101N5O21.C4H10/c1-35-41(26-38(29-61)52(72)49(35)69)79-20-7-16-57-45(65)12-23-76-32-55(60-48(68)11-5-10-44(64)56-15-6-19-75-4,33-77-24-13-46(66)58-17-8-21-80-42-27-39(30-62)53(73)50(70)36(42)2)34-78-25-14-47(67)59-18-9-22-81-43-28-40(31-63)54(74)51(71)37(43)3;1-4(2)3/h35-43,49-54,61-63,69-74H,5-34H2,1-4H3,(H,56,64)(H,57,65)(H,58,66)(H,59,67)(H,60,68);4H,1-3H3/t35?,36?,37?,38?,39?,40?,41-,42-,43-,49-,50-,51-,52+,53+,54+,55?;/m1./s1. The first-order chi connectivity index (χ1) is 40.5. The van der Waals surface area contributed by atoms with Gasteiger partial charge >= 0.3 is 0 Å². The smallest absolute Gasteiger partial charge is 0.222 e. The van der Waals surface area contributed by atoms with Crippen LogP contribution in [0.25, 0.3) is 0 Å². The highest BCUT2D eigenvalue weighted by Crippen LogP contribution is 2.34. The molecule has 0 aromatic rings. The van der Waals surface area contributed by atoms with Crippen LogP contribution in [0.1, 0.15) is 125 Å². The first-order valence-corrected chi connectivity index (χ1v) is 30.9. The van der Waals surface area contributed by atoms with Crippen LogP contribution in [-0.4, -0.2) is 255 Å². The molecule has 3 fully saturated rings. The Balaban J connectivity index is 0.00000596. The van der Waals surface area contributed by atoms with E-state index in [0.29, 0.717) is 58.1 Å². The van der Waals surface area contributed by atoms with Gasteiger partial charge in [0.1, 0.15) is 5.54 Å². The summed E-state index contributed by atoms with van der Waals surface area (Å²) in [5.74, 6) is -3.41. The van der Waals surface area contributed by atoms with Crippen LogP contribution < -0.4 is 26.6 Å². The lowest BCUT2D eigenvalue weighted by Gasteiger charge is -2.40. The predicted octanol–water partition coefficient (Wildman–Crippen LogP) is -1.17. The van der Waals surface area contributed by atoms with Gasteiger partial charge in [0.2, 0.25) is 29.5 Å². The minimum Gasteiger partial charge on any atom is -0.396 e. The van der Waals surface area contributed by atoms with Crippen molar-refractivity contribution in [3.63, 3.8) is 0 Å². The van der Waals surface area contributed by atoms with Gasteiger partial charge in [-0.25, -0.2) is 0 Å². The van der Waals surface area contributed by atoms with Crippen LogP contribution in [0.15, 0.2) is 0 Å². The number of aliphatic hydroxyl groups excluding tert-OH is 9. The molecule has 6 unspecified atom stereocenters. The van der Waals surface area contributed by atoms with E-state index in [4.69, 9.17) is 33.2 Å². The van der Waals surface area contributed by atoms with E-state index in [1.165, 1.54) is 0 Å². The molecule has 0 aliphatic heterocycles. The van der Waals surface area contributed by atoms with E-state index in [0.717, 1.165) is 5.92 Å². The molecule has 14 N–H and O–H groups in total. The Hall–Kier alpha value is -3.29. The highest BCUT2D eigenvalue weighted by Gasteiger charge is 2.44. The van der Waals surface area contributed by atoms with Crippen LogP contribution in [0.4, 0.5) is 0 Å². The molecule has 0 saturated heterocycles. The zero-order valence-electron chi connectivity index (χ0n) is 51.9. The van der Waals surface area contributed by atoms with E-state index in [9.17, 15) is 69.9 Å². The van der Waals surface area contributed by atoms with E-state index in [2.05, 4.69) is 47.4 Å². The van der Waals surface area contributed by atoms with E-state index in [-0.39, 0.29) is 197 Å². The van der Waals surface area contributed by atoms with Gasteiger partial charge in [0.05, 0.1) is 94.6 Å². The minimum absolute atomic E-state index is 0.0593. The summed E-state index contributed by atoms with van der Waals surface area (Å²) in [6.45, 7) is 12.5. The second-order valence-corrected chi connectivity index (χ2v) is 23.9. The molecule has 498 valence electrons. The third-order valence-corrected chi connectivity index (χ3v) is 15.7. The van der Waals surface area contributed by atoms with E-state index >= 15 is 0 Å². The van der Waals surface area contributed by atoms with Crippen LogP contribution in [0.5, 0.6) is 0 Å². The molecule has 26 heteroatoms. The molecule has 3 aliphatic carbocycles. The number of methoxy groups -OCH3 is 1. The summed E-state index contributed by atoms with van der Waals surface area (Å²) >= 11 is 0. The number of carbonyl (C=O) groups is 5. The van der Waals surface area contributed by atoms with Gasteiger partial charge in [-0.15, -0.1) is 0 Å². The molecule has 3 rings (SSSR count). The normalized spacial score (nSPS) is 28.4. The largest absolute Gasteiger partial charge is 0.396 e. The average molecular weight is 1230 g/mol. The molecular weight excluding hydrogens is 1110 g/mol. The number of hydrogen-bond acceptors (Lipinski definition) is 21. The van der Waals surface area contributed by atoms with Crippen LogP contribution in [0, 0.1) is 41.4 Å². The number of amides is 5. The third kappa shape index (κ3) is 30.7. The first kappa shape index (κ1) is 77.8. The minimum atomic E-state index is -1.41. The maximum absolute atomic E-state index is 13.7. The highest BCUT2D eigenvalue weighted by atomic mass is 16.5. The molecule has 5 amide bonds. The summed E-state index contributed by atoms with van der Waals surface area (Å²) < 4.78 is 41.0. The van der Waals surface area contributed by atoms with Crippen LogP contribution in [0.2, 0.25) is 0 Å². The molecule has 0 radical (unpaired) electrons. The number of rotatable bonds is 42. The van der Waals surface area contributed by atoms with Gasteiger partial charge in [0, 0.05) is 147 Å². The lowest BCUT2D eigenvalue weighted by Crippen LogP contribution is -2.58. The van der Waals surface area contributed by atoms with Crippen molar-refractivity contribution >= 4 is 29.5 Å². The van der Waals surface area contributed by atoms with Crippen molar-refractivity contribution in [3.05, 3.63) is 0 Å². The third-order valence-electron chi connectivity index (χ3n) is 15.7. The van der Waals surface area contributed by atoms with Crippen molar-refractivity contribution in [3.8, 4) is 0 Å². The monoisotopic (exact) mass is 1230 g/mol. The second-order valence-electron chi connectivity index (χ2n) is 23.9. The summed E-state index contributed by atoms with van der Waals surface area (Å²) in [6.07, 6.45) is -4.19. The molecule has 85 heavy (non-hydrogen) atoms. The zero-order valence-corrected chi connectivity index (χ0v) is 51.9. The molecule has 15 atom stereocenters. The van der Waals surface area contributed by atoms with E-state index < -0.39 is 65.8 Å². The van der Waals surface area contributed by atoms with Crippen molar-refractivity contribution < 1.29 is 103 Å². The van der Waals surface area contributed by atoms with Gasteiger partial charge in [-0.1, -0.05) is 41.5 Å². The van der Waals surface area contributed by atoms with E-state index in [1.54, 1.807) is 27.9 Å². The van der Waals surface area contributed by atoms with Gasteiger partial charge in [0.15, 0.2) is 0 Å². The molecule has 0 heterocycles. The highest BCUT2D eigenvalue weighted by molar-refractivity contribution is 5.79. The Morgan fingerprint density at radius 1 is 0.424 bits per heavy atom. The quantitative estimate of drug-likeness (QED) is 0.0320. The zero-order chi connectivity index (χ0) is 63.3. The Morgan fingerprint density at radius 3 is 1.00 bits per heavy atom. The number of nitrogens with one attached hydrogen (secondary N) is 5. The summed E-state index contributed by atoms with van der Waals surface area (Å²) in [5, 5.41) is 105. The second kappa shape index (κ2) is 44.2. The molecule has 0 bridgehead atoms. The lowest BCUT2D eigenvalue weighted by atomic mass is 9.77. The van der Waals surface area contributed by atoms with E-state index in [1.807, 2.05) is 0 Å². The van der Waals surface area contributed by atoms with Crippen LogP contribution in [0.3, 0.4) is 0 Å². The SMILES string of the molecule is CC(C)C.COCCCNC(=O)CCCC(=O)NC(COCCC(=O)NCCCO[C@@H]1CC(CO)[C@H](O)[C@H](O)C1C)(COCCC(=O)NCCCO[C@@H]1CC(CO)[C@H](O)[C@H](O)C1C)COCCC(=O)NCCCO[C@@H]1CC(CO)[C@H](O)[C@H](O)C1C. The van der Waals surface area contributed by atoms with Gasteiger partial charge in [-0.2, -0.15) is 0 Å². The molecule has 0 aromatic carbocycles. The Bertz CT molecular complexity index is 1660. The Labute approximate surface area is 503 Å². The fourth-order valence-electron chi connectivity index (χ4n) is 10.3. The van der Waals surface area contributed by atoms with Gasteiger partial charge in [0.25, 0.3) is 0 Å². The average Bonchev–Trinajstić information content (AvgIpc) is 3.25. The first-order valence-electron chi connectivity index (χ1n) is 30.9. The molecular formula is C59H111N5O21.